The zero-order valence-electron chi connectivity index (χ0n) is 8.38. The first-order valence-electron chi connectivity index (χ1n) is 4.53. The summed E-state index contributed by atoms with van der Waals surface area (Å²) in [6.45, 7) is 8.71. The molecular formula is C12H17N. The van der Waals surface area contributed by atoms with E-state index in [1.165, 1.54) is 5.56 Å². The average Bonchev–Trinajstić information content (AvgIpc) is 2.18. The molecule has 0 aliphatic heterocycles. The molecule has 0 unspecified atom stereocenters. The van der Waals surface area contributed by atoms with Crippen LogP contribution in [-0.4, -0.2) is 6.54 Å². The van der Waals surface area contributed by atoms with Crippen LogP contribution in [0.5, 0.6) is 0 Å². The Hall–Kier alpha value is -1.08. The standard InChI is InChI=1S/C12H17N/c1-4-10-6-5-7-11(8-10)12(2,3)9-13/h4-8H,1,9,13H2,2-3H3. The molecule has 70 valence electrons. The van der Waals surface area contributed by atoms with Crippen LogP contribution >= 0.6 is 0 Å². The fourth-order valence-corrected chi connectivity index (χ4v) is 1.20. The third kappa shape index (κ3) is 2.19. The molecule has 1 heteroatoms. The Labute approximate surface area is 80.3 Å². The molecule has 2 N–H and O–H groups in total. The van der Waals surface area contributed by atoms with E-state index in [2.05, 4.69) is 32.6 Å². The van der Waals surface area contributed by atoms with Gasteiger partial charge in [0.15, 0.2) is 0 Å². The lowest BCUT2D eigenvalue weighted by molar-refractivity contribution is 0.539. The predicted molar refractivity (Wildman–Crippen MR) is 58.6 cm³/mol. The molecular weight excluding hydrogens is 158 g/mol. The zero-order chi connectivity index (χ0) is 9.90. The lowest BCUT2D eigenvalue weighted by Gasteiger charge is -2.23. The molecule has 1 aromatic rings. The molecule has 0 aliphatic carbocycles. The SMILES string of the molecule is C=Cc1cccc(C(C)(C)CN)c1. The van der Waals surface area contributed by atoms with Crippen molar-refractivity contribution in [1.82, 2.24) is 0 Å². The summed E-state index contributed by atoms with van der Waals surface area (Å²) in [5.41, 5.74) is 8.18. The minimum atomic E-state index is 0.0546. The highest BCUT2D eigenvalue weighted by Crippen LogP contribution is 2.22. The van der Waals surface area contributed by atoms with Gasteiger partial charge in [-0.2, -0.15) is 0 Å². The van der Waals surface area contributed by atoms with Crippen LogP contribution in [0.15, 0.2) is 30.8 Å². The Morgan fingerprint density at radius 1 is 1.46 bits per heavy atom. The summed E-state index contributed by atoms with van der Waals surface area (Å²) in [4.78, 5) is 0. The monoisotopic (exact) mass is 175 g/mol. The van der Waals surface area contributed by atoms with Crippen LogP contribution in [0.1, 0.15) is 25.0 Å². The highest BCUT2D eigenvalue weighted by atomic mass is 14.6. The van der Waals surface area contributed by atoms with Crippen molar-refractivity contribution in [1.29, 1.82) is 0 Å². The molecule has 1 nitrogen and oxygen atoms in total. The summed E-state index contributed by atoms with van der Waals surface area (Å²) in [5.74, 6) is 0. The number of nitrogens with two attached hydrogens (primary N) is 1. The second kappa shape index (κ2) is 3.75. The van der Waals surface area contributed by atoms with Crippen LogP contribution in [0, 0.1) is 0 Å². The number of hydrogen-bond donors (Lipinski definition) is 1. The summed E-state index contributed by atoms with van der Waals surface area (Å²) in [7, 11) is 0. The maximum absolute atomic E-state index is 5.70. The number of rotatable bonds is 3. The van der Waals surface area contributed by atoms with E-state index in [4.69, 9.17) is 5.73 Å². The van der Waals surface area contributed by atoms with Crippen LogP contribution in [0.3, 0.4) is 0 Å². The van der Waals surface area contributed by atoms with Crippen molar-refractivity contribution in [3.05, 3.63) is 42.0 Å². The molecule has 0 saturated carbocycles. The molecule has 13 heavy (non-hydrogen) atoms. The van der Waals surface area contributed by atoms with Crippen molar-refractivity contribution in [2.24, 2.45) is 5.73 Å². The molecule has 0 amide bonds. The summed E-state index contributed by atoms with van der Waals surface area (Å²) in [5, 5.41) is 0. The highest BCUT2D eigenvalue weighted by Gasteiger charge is 2.17. The Bertz CT molecular complexity index is 300. The molecule has 0 aliphatic rings. The lowest BCUT2D eigenvalue weighted by Crippen LogP contribution is -2.27. The van der Waals surface area contributed by atoms with Gasteiger partial charge in [0.05, 0.1) is 0 Å². The van der Waals surface area contributed by atoms with E-state index in [0.29, 0.717) is 6.54 Å². The third-order valence-corrected chi connectivity index (χ3v) is 2.41. The Morgan fingerprint density at radius 3 is 2.69 bits per heavy atom. The second-order valence-corrected chi connectivity index (χ2v) is 3.92. The van der Waals surface area contributed by atoms with Gasteiger partial charge in [-0.05, 0) is 11.1 Å². The summed E-state index contributed by atoms with van der Waals surface area (Å²) >= 11 is 0. The molecule has 0 aromatic heterocycles. The van der Waals surface area contributed by atoms with Crippen LogP contribution < -0.4 is 5.73 Å². The maximum Gasteiger partial charge on any atom is 0.00192 e. The molecule has 0 radical (unpaired) electrons. The predicted octanol–water partition coefficient (Wildman–Crippen LogP) is 2.57. The van der Waals surface area contributed by atoms with Gasteiger partial charge in [-0.15, -0.1) is 0 Å². The molecule has 0 bridgehead atoms. The smallest absolute Gasteiger partial charge is 0.00192 e. The summed E-state index contributed by atoms with van der Waals surface area (Å²) in [6.07, 6.45) is 1.86. The van der Waals surface area contributed by atoms with E-state index in [0.717, 1.165) is 5.56 Å². The average molecular weight is 175 g/mol. The Balaban J connectivity index is 3.08. The zero-order valence-corrected chi connectivity index (χ0v) is 8.38. The largest absolute Gasteiger partial charge is 0.330 e. The van der Waals surface area contributed by atoms with Gasteiger partial charge in [0.2, 0.25) is 0 Å². The van der Waals surface area contributed by atoms with Gasteiger partial charge in [-0.3, -0.25) is 0 Å². The Kier molecular flexibility index (Phi) is 2.89. The van der Waals surface area contributed by atoms with Gasteiger partial charge in [-0.25, -0.2) is 0 Å². The molecule has 1 rings (SSSR count). The van der Waals surface area contributed by atoms with Crippen molar-refractivity contribution in [3.8, 4) is 0 Å². The fraction of sp³-hybridized carbons (Fsp3) is 0.333. The van der Waals surface area contributed by atoms with E-state index in [1.54, 1.807) is 0 Å². The Morgan fingerprint density at radius 2 is 2.15 bits per heavy atom. The van der Waals surface area contributed by atoms with Gasteiger partial charge in [0.1, 0.15) is 0 Å². The third-order valence-electron chi connectivity index (χ3n) is 2.41. The number of hydrogen-bond acceptors (Lipinski definition) is 1. The van der Waals surface area contributed by atoms with Crippen molar-refractivity contribution in [2.45, 2.75) is 19.3 Å². The minimum Gasteiger partial charge on any atom is -0.330 e. The van der Waals surface area contributed by atoms with Gasteiger partial charge >= 0.3 is 0 Å². The minimum absolute atomic E-state index is 0.0546. The van der Waals surface area contributed by atoms with Crippen molar-refractivity contribution in [2.75, 3.05) is 6.54 Å². The first-order chi connectivity index (χ1) is 6.10. The highest BCUT2D eigenvalue weighted by molar-refractivity contribution is 5.49. The quantitative estimate of drug-likeness (QED) is 0.750. The van der Waals surface area contributed by atoms with Gasteiger partial charge in [0, 0.05) is 12.0 Å². The van der Waals surface area contributed by atoms with Crippen molar-refractivity contribution in [3.63, 3.8) is 0 Å². The van der Waals surface area contributed by atoms with E-state index >= 15 is 0 Å². The van der Waals surface area contributed by atoms with Crippen LogP contribution in [0.25, 0.3) is 6.08 Å². The normalized spacial score (nSPS) is 11.3. The second-order valence-electron chi connectivity index (χ2n) is 3.92. The molecule has 0 spiro atoms. The van der Waals surface area contributed by atoms with Crippen LogP contribution in [0.2, 0.25) is 0 Å². The first-order valence-corrected chi connectivity index (χ1v) is 4.53. The number of benzene rings is 1. The van der Waals surface area contributed by atoms with E-state index < -0.39 is 0 Å². The molecule has 0 saturated heterocycles. The fourth-order valence-electron chi connectivity index (χ4n) is 1.20. The van der Waals surface area contributed by atoms with Gasteiger partial charge in [0.25, 0.3) is 0 Å². The topological polar surface area (TPSA) is 26.0 Å². The van der Waals surface area contributed by atoms with E-state index in [1.807, 2.05) is 18.2 Å². The summed E-state index contributed by atoms with van der Waals surface area (Å²) in [6, 6.07) is 8.34. The lowest BCUT2D eigenvalue weighted by atomic mass is 9.84. The maximum atomic E-state index is 5.70. The van der Waals surface area contributed by atoms with Crippen LogP contribution in [0.4, 0.5) is 0 Å². The van der Waals surface area contributed by atoms with Crippen molar-refractivity contribution >= 4 is 6.08 Å². The first kappa shape index (κ1) is 10.0. The molecule has 0 heterocycles. The van der Waals surface area contributed by atoms with Crippen molar-refractivity contribution < 1.29 is 0 Å². The van der Waals surface area contributed by atoms with E-state index in [9.17, 15) is 0 Å². The van der Waals surface area contributed by atoms with Crippen LogP contribution in [-0.2, 0) is 5.41 Å². The molecule has 0 atom stereocenters. The van der Waals surface area contributed by atoms with E-state index in [-0.39, 0.29) is 5.41 Å². The summed E-state index contributed by atoms with van der Waals surface area (Å²) < 4.78 is 0. The molecule has 0 fully saturated rings. The van der Waals surface area contributed by atoms with Gasteiger partial charge in [-0.1, -0.05) is 50.8 Å². The molecule has 1 aromatic carbocycles. The van der Waals surface area contributed by atoms with Gasteiger partial charge < -0.3 is 5.73 Å².